The van der Waals surface area contributed by atoms with Crippen LogP contribution in [0.15, 0.2) is 10.6 Å². The van der Waals surface area contributed by atoms with Gasteiger partial charge in [-0.1, -0.05) is 18.5 Å². The van der Waals surface area contributed by atoms with Crippen LogP contribution in [0, 0.1) is 0 Å². The molecule has 0 aromatic carbocycles. The number of rotatable bonds is 8. The van der Waals surface area contributed by atoms with Crippen molar-refractivity contribution in [3.05, 3.63) is 17.5 Å². The van der Waals surface area contributed by atoms with E-state index in [1.807, 2.05) is 0 Å². The van der Waals surface area contributed by atoms with Crippen LogP contribution in [0.1, 0.15) is 31.2 Å². The standard InChI is InChI=1S/C11H17NO4/c1-2-3-5-15-6-4-9-7-10(16-12-9)8-11(13)14/h7H,2-6,8H2,1H3,(H,13,14). The molecule has 1 heterocycles. The van der Waals surface area contributed by atoms with Gasteiger partial charge < -0.3 is 14.4 Å². The van der Waals surface area contributed by atoms with Crippen LogP contribution in [0.25, 0.3) is 0 Å². The molecule has 0 aliphatic rings. The number of hydrogen-bond acceptors (Lipinski definition) is 4. The lowest BCUT2D eigenvalue weighted by molar-refractivity contribution is -0.136. The van der Waals surface area contributed by atoms with Crippen LogP contribution in [0.2, 0.25) is 0 Å². The highest BCUT2D eigenvalue weighted by Gasteiger charge is 2.07. The fourth-order valence-electron chi connectivity index (χ4n) is 1.23. The van der Waals surface area contributed by atoms with E-state index < -0.39 is 5.97 Å². The molecule has 1 aromatic rings. The zero-order valence-corrected chi connectivity index (χ0v) is 9.44. The van der Waals surface area contributed by atoms with Gasteiger partial charge >= 0.3 is 5.97 Å². The molecule has 0 saturated carbocycles. The number of carboxylic acids is 1. The van der Waals surface area contributed by atoms with E-state index in [1.54, 1.807) is 6.07 Å². The number of ether oxygens (including phenoxy) is 1. The zero-order valence-electron chi connectivity index (χ0n) is 9.44. The van der Waals surface area contributed by atoms with E-state index >= 15 is 0 Å². The van der Waals surface area contributed by atoms with E-state index in [9.17, 15) is 4.79 Å². The van der Waals surface area contributed by atoms with Gasteiger partial charge in [-0.05, 0) is 6.42 Å². The molecule has 0 aliphatic carbocycles. The van der Waals surface area contributed by atoms with Gasteiger partial charge in [0.1, 0.15) is 12.2 Å². The van der Waals surface area contributed by atoms with Gasteiger partial charge in [0.2, 0.25) is 0 Å². The van der Waals surface area contributed by atoms with Crippen molar-refractivity contribution in [1.29, 1.82) is 0 Å². The van der Waals surface area contributed by atoms with Gasteiger partial charge in [0.05, 0.1) is 12.3 Å². The third kappa shape index (κ3) is 4.93. The molecule has 0 spiro atoms. The van der Waals surface area contributed by atoms with E-state index in [0.29, 0.717) is 18.8 Å². The Kier molecular flexibility index (Phi) is 5.56. The molecule has 1 rings (SSSR count). The van der Waals surface area contributed by atoms with E-state index in [-0.39, 0.29) is 6.42 Å². The number of carbonyl (C=O) groups is 1. The summed E-state index contributed by atoms with van der Waals surface area (Å²) in [5.41, 5.74) is 0.743. The number of aromatic nitrogens is 1. The molecule has 5 heteroatoms. The van der Waals surface area contributed by atoms with Gasteiger partial charge in [0.25, 0.3) is 0 Å². The lowest BCUT2D eigenvalue weighted by Gasteiger charge is -1.99. The SMILES string of the molecule is CCCCOCCc1cc(CC(=O)O)on1. The summed E-state index contributed by atoms with van der Waals surface area (Å²) in [7, 11) is 0. The maximum absolute atomic E-state index is 10.4. The largest absolute Gasteiger partial charge is 0.481 e. The summed E-state index contributed by atoms with van der Waals surface area (Å²) < 4.78 is 10.2. The molecule has 0 atom stereocenters. The highest BCUT2D eigenvalue weighted by molar-refractivity contribution is 5.69. The molecule has 0 fully saturated rings. The molecule has 1 aromatic heterocycles. The quantitative estimate of drug-likeness (QED) is 0.684. The van der Waals surface area contributed by atoms with Gasteiger partial charge in [-0.15, -0.1) is 0 Å². The Bertz CT molecular complexity index is 322. The fraction of sp³-hybridized carbons (Fsp3) is 0.636. The van der Waals surface area contributed by atoms with E-state index in [4.69, 9.17) is 14.4 Å². The zero-order chi connectivity index (χ0) is 11.8. The Labute approximate surface area is 94.4 Å². The second kappa shape index (κ2) is 7.00. The Morgan fingerprint density at radius 1 is 1.56 bits per heavy atom. The molecule has 0 bridgehead atoms. The van der Waals surface area contributed by atoms with Crippen molar-refractivity contribution in [1.82, 2.24) is 5.16 Å². The summed E-state index contributed by atoms with van der Waals surface area (Å²) in [6.07, 6.45) is 2.71. The number of aliphatic carboxylic acids is 1. The molecule has 5 nitrogen and oxygen atoms in total. The van der Waals surface area contributed by atoms with Gasteiger partial charge in [0, 0.05) is 19.1 Å². The third-order valence-electron chi connectivity index (χ3n) is 2.08. The first-order valence-corrected chi connectivity index (χ1v) is 5.46. The summed E-state index contributed by atoms with van der Waals surface area (Å²) in [4.78, 5) is 10.4. The van der Waals surface area contributed by atoms with Gasteiger partial charge in [-0.25, -0.2) is 0 Å². The highest BCUT2D eigenvalue weighted by Crippen LogP contribution is 2.05. The molecular formula is C11H17NO4. The smallest absolute Gasteiger partial charge is 0.311 e. The van der Waals surface area contributed by atoms with Gasteiger partial charge in [0.15, 0.2) is 0 Å². The number of nitrogens with zero attached hydrogens (tertiary/aromatic N) is 1. The Morgan fingerprint density at radius 3 is 3.06 bits per heavy atom. The average molecular weight is 227 g/mol. The van der Waals surface area contributed by atoms with Crippen LogP contribution >= 0.6 is 0 Å². The summed E-state index contributed by atoms with van der Waals surface area (Å²) >= 11 is 0. The fourth-order valence-corrected chi connectivity index (χ4v) is 1.23. The van der Waals surface area contributed by atoms with Gasteiger partial charge in [-0.3, -0.25) is 4.79 Å². The molecule has 1 N–H and O–H groups in total. The minimum atomic E-state index is -0.915. The normalized spacial score (nSPS) is 10.6. The predicted octanol–water partition coefficient (Wildman–Crippen LogP) is 1.66. The van der Waals surface area contributed by atoms with Crippen molar-refractivity contribution in [3.63, 3.8) is 0 Å². The van der Waals surface area contributed by atoms with Crippen LogP contribution < -0.4 is 0 Å². The molecule has 0 radical (unpaired) electrons. The topological polar surface area (TPSA) is 72.6 Å². The van der Waals surface area contributed by atoms with Crippen molar-refractivity contribution in [3.8, 4) is 0 Å². The number of hydrogen-bond donors (Lipinski definition) is 1. The van der Waals surface area contributed by atoms with Crippen molar-refractivity contribution in [2.24, 2.45) is 0 Å². The lowest BCUT2D eigenvalue weighted by atomic mass is 10.2. The minimum Gasteiger partial charge on any atom is -0.481 e. The van der Waals surface area contributed by atoms with E-state index in [1.165, 1.54) is 0 Å². The van der Waals surface area contributed by atoms with Crippen molar-refractivity contribution >= 4 is 5.97 Å². The van der Waals surface area contributed by atoms with Crippen molar-refractivity contribution in [2.45, 2.75) is 32.6 Å². The maximum atomic E-state index is 10.4. The van der Waals surface area contributed by atoms with Crippen LogP contribution in [0.3, 0.4) is 0 Å². The lowest BCUT2D eigenvalue weighted by Crippen LogP contribution is -2.00. The van der Waals surface area contributed by atoms with Crippen LogP contribution in [0.5, 0.6) is 0 Å². The van der Waals surface area contributed by atoms with Crippen LogP contribution in [0.4, 0.5) is 0 Å². The first-order chi connectivity index (χ1) is 7.72. The van der Waals surface area contributed by atoms with E-state index in [0.717, 1.165) is 25.1 Å². The van der Waals surface area contributed by atoms with Crippen LogP contribution in [-0.2, 0) is 22.4 Å². The van der Waals surface area contributed by atoms with Crippen molar-refractivity contribution in [2.75, 3.05) is 13.2 Å². The molecule has 0 amide bonds. The average Bonchev–Trinajstić information content (AvgIpc) is 2.64. The van der Waals surface area contributed by atoms with Crippen LogP contribution in [-0.4, -0.2) is 29.4 Å². The summed E-state index contributed by atoms with van der Waals surface area (Å²) in [5.74, 6) is -0.530. The summed E-state index contributed by atoms with van der Waals surface area (Å²) in [5, 5.41) is 12.3. The number of unbranched alkanes of at least 4 members (excludes halogenated alkanes) is 1. The second-order valence-electron chi connectivity index (χ2n) is 3.57. The Morgan fingerprint density at radius 2 is 2.38 bits per heavy atom. The molecule has 90 valence electrons. The molecular weight excluding hydrogens is 210 g/mol. The monoisotopic (exact) mass is 227 g/mol. The predicted molar refractivity (Wildman–Crippen MR) is 57.3 cm³/mol. The van der Waals surface area contributed by atoms with Crippen molar-refractivity contribution < 1.29 is 19.2 Å². The molecule has 0 saturated heterocycles. The molecule has 0 aliphatic heterocycles. The molecule has 0 unspecified atom stereocenters. The minimum absolute atomic E-state index is 0.121. The summed E-state index contributed by atoms with van der Waals surface area (Å²) in [6.45, 7) is 3.47. The summed E-state index contributed by atoms with van der Waals surface area (Å²) in [6, 6.07) is 1.66. The van der Waals surface area contributed by atoms with E-state index in [2.05, 4.69) is 12.1 Å². The third-order valence-corrected chi connectivity index (χ3v) is 2.08. The Hall–Kier alpha value is -1.36. The number of carboxylic acid groups (broad SMARTS) is 1. The first-order valence-electron chi connectivity index (χ1n) is 5.46. The molecule has 16 heavy (non-hydrogen) atoms. The first kappa shape index (κ1) is 12.7. The highest BCUT2D eigenvalue weighted by atomic mass is 16.5. The maximum Gasteiger partial charge on any atom is 0.311 e. The Balaban J connectivity index is 2.21. The van der Waals surface area contributed by atoms with Gasteiger partial charge in [-0.2, -0.15) is 0 Å². The second-order valence-corrected chi connectivity index (χ2v) is 3.57.